The average Bonchev–Trinajstić information content (AvgIpc) is 3.41. The molecule has 5 rings (SSSR count). The largest absolute Gasteiger partial charge is 0.325 e. The first kappa shape index (κ1) is 22.2. The van der Waals surface area contributed by atoms with Gasteiger partial charge in [-0.3, -0.25) is 4.79 Å². The molecule has 7 heteroatoms. The first-order valence-corrected chi connectivity index (χ1v) is 13.4. The lowest BCUT2D eigenvalue weighted by atomic mass is 9.88. The van der Waals surface area contributed by atoms with Gasteiger partial charge in [0.25, 0.3) is 0 Å². The Balaban J connectivity index is 1.33. The van der Waals surface area contributed by atoms with Crippen LogP contribution < -0.4 is 5.32 Å². The summed E-state index contributed by atoms with van der Waals surface area (Å²) in [4.78, 5) is 14.3. The molecule has 1 amide bonds. The zero-order valence-corrected chi connectivity index (χ0v) is 20.6. The van der Waals surface area contributed by atoms with E-state index in [0.29, 0.717) is 5.75 Å². The average molecular weight is 477 g/mol. The highest BCUT2D eigenvalue weighted by Crippen LogP contribution is 2.38. The molecule has 4 aromatic rings. The summed E-state index contributed by atoms with van der Waals surface area (Å²) in [5, 5.41) is 17.4. The molecular weight excluding hydrogens is 448 g/mol. The minimum Gasteiger partial charge on any atom is -0.325 e. The third kappa shape index (κ3) is 4.57. The number of nitrogens with one attached hydrogen (secondary N) is 1. The van der Waals surface area contributed by atoms with Crippen LogP contribution in [0.15, 0.2) is 53.0 Å². The Labute approximate surface area is 202 Å². The molecule has 2 aromatic heterocycles. The van der Waals surface area contributed by atoms with Crippen molar-refractivity contribution < 1.29 is 4.79 Å². The molecule has 1 N–H and O–H groups in total. The molecule has 0 spiro atoms. The number of hydrogen-bond donors (Lipinski definition) is 1. The molecule has 0 bridgehead atoms. The lowest BCUT2D eigenvalue weighted by molar-refractivity contribution is -0.113. The summed E-state index contributed by atoms with van der Waals surface area (Å²) in [7, 11) is 0. The Hall–Kier alpha value is -2.64. The van der Waals surface area contributed by atoms with Crippen molar-refractivity contribution in [1.29, 1.82) is 0 Å². The number of thioether (sulfide) groups is 1. The van der Waals surface area contributed by atoms with Gasteiger partial charge in [0, 0.05) is 33.4 Å². The number of fused-ring (bicyclic) bond motifs is 2. The number of carbonyl (C=O) groups is 1. The van der Waals surface area contributed by atoms with E-state index in [1.807, 2.05) is 41.7 Å². The second kappa shape index (κ2) is 9.69. The Bertz CT molecular complexity index is 1290. The summed E-state index contributed by atoms with van der Waals surface area (Å²) in [6.45, 7) is 5.34. The Kier molecular flexibility index (Phi) is 6.51. The van der Waals surface area contributed by atoms with Crippen molar-refractivity contribution in [3.8, 4) is 11.4 Å². The molecule has 2 aromatic carbocycles. The minimum atomic E-state index is -0.0362. The van der Waals surface area contributed by atoms with E-state index in [9.17, 15) is 4.79 Å². The maximum Gasteiger partial charge on any atom is 0.234 e. The van der Waals surface area contributed by atoms with Gasteiger partial charge in [0.05, 0.1) is 5.75 Å². The van der Waals surface area contributed by atoms with E-state index in [0.717, 1.165) is 59.2 Å². The molecule has 1 atom stereocenters. The van der Waals surface area contributed by atoms with Gasteiger partial charge in [-0.1, -0.05) is 62.0 Å². The van der Waals surface area contributed by atoms with E-state index >= 15 is 0 Å². The summed E-state index contributed by atoms with van der Waals surface area (Å²) in [5.41, 5.74) is 3.52. The van der Waals surface area contributed by atoms with Gasteiger partial charge in [-0.15, -0.1) is 21.5 Å². The van der Waals surface area contributed by atoms with Gasteiger partial charge < -0.3 is 9.88 Å². The van der Waals surface area contributed by atoms with Crippen molar-refractivity contribution in [2.75, 3.05) is 11.1 Å². The highest BCUT2D eigenvalue weighted by molar-refractivity contribution is 7.99. The van der Waals surface area contributed by atoms with Crippen molar-refractivity contribution >= 4 is 45.5 Å². The minimum absolute atomic E-state index is 0.0362. The first-order chi connectivity index (χ1) is 16.1. The number of aromatic nitrogens is 3. The van der Waals surface area contributed by atoms with E-state index in [1.54, 1.807) is 0 Å². The van der Waals surface area contributed by atoms with Gasteiger partial charge in [-0.05, 0) is 48.6 Å². The van der Waals surface area contributed by atoms with Crippen molar-refractivity contribution in [2.24, 2.45) is 5.92 Å². The van der Waals surface area contributed by atoms with Crippen LogP contribution in [0.2, 0.25) is 0 Å². The van der Waals surface area contributed by atoms with Gasteiger partial charge in [0.15, 0.2) is 11.0 Å². The summed E-state index contributed by atoms with van der Waals surface area (Å²) in [6, 6.07) is 14.1. The van der Waals surface area contributed by atoms with Crippen LogP contribution in [0, 0.1) is 5.92 Å². The van der Waals surface area contributed by atoms with Gasteiger partial charge in [0.2, 0.25) is 5.91 Å². The van der Waals surface area contributed by atoms with E-state index in [-0.39, 0.29) is 5.91 Å². The smallest absolute Gasteiger partial charge is 0.234 e. The zero-order valence-electron chi connectivity index (χ0n) is 19.0. The molecule has 1 unspecified atom stereocenters. The van der Waals surface area contributed by atoms with Crippen molar-refractivity contribution in [2.45, 2.75) is 51.2 Å². The number of nitrogens with zero attached hydrogens (tertiary/aromatic N) is 3. The van der Waals surface area contributed by atoms with Crippen LogP contribution in [-0.2, 0) is 24.2 Å². The molecule has 5 nitrogen and oxygen atoms in total. The quantitative estimate of drug-likeness (QED) is 0.312. The van der Waals surface area contributed by atoms with Crippen LogP contribution in [0.4, 0.5) is 5.69 Å². The molecule has 2 heterocycles. The lowest BCUT2D eigenvalue weighted by Crippen LogP contribution is -2.15. The zero-order chi connectivity index (χ0) is 22.8. The third-order valence-corrected chi connectivity index (χ3v) is 8.22. The fourth-order valence-corrected chi connectivity index (χ4v) is 6.54. The predicted octanol–water partition coefficient (Wildman–Crippen LogP) is 6.43. The molecule has 1 aliphatic carbocycles. The van der Waals surface area contributed by atoms with Crippen molar-refractivity contribution in [3.63, 3.8) is 0 Å². The van der Waals surface area contributed by atoms with Gasteiger partial charge in [0.1, 0.15) is 0 Å². The molecular formula is C26H28N4OS2. The standard InChI is InChI=1S/C26H28N4OS2/c1-3-13-30-25(21-15-32-23-14-17(2)11-12-20(21)23)28-29-26(30)33-16-24(31)27-22-10-6-8-18-7-4-5-9-19(18)22/h4-10,15,17H,3,11-14,16H2,1-2H3,(H,27,31). The fraction of sp³-hybridized carbons (Fsp3) is 0.346. The molecule has 0 saturated heterocycles. The monoisotopic (exact) mass is 476 g/mol. The van der Waals surface area contributed by atoms with E-state index in [1.165, 1.54) is 34.2 Å². The number of benzene rings is 2. The van der Waals surface area contributed by atoms with Crippen molar-refractivity contribution in [1.82, 2.24) is 14.8 Å². The second-order valence-corrected chi connectivity index (χ2v) is 10.6. The van der Waals surface area contributed by atoms with Gasteiger partial charge in [-0.2, -0.15) is 0 Å². The van der Waals surface area contributed by atoms with Crippen LogP contribution in [0.5, 0.6) is 0 Å². The molecule has 0 aliphatic heterocycles. The molecule has 0 radical (unpaired) electrons. The number of rotatable bonds is 7. The molecule has 0 fully saturated rings. The number of amides is 1. The van der Waals surface area contributed by atoms with E-state index in [2.05, 4.69) is 51.4 Å². The summed E-state index contributed by atoms with van der Waals surface area (Å²) >= 11 is 3.31. The molecule has 0 saturated carbocycles. The summed E-state index contributed by atoms with van der Waals surface area (Å²) in [5.74, 6) is 1.96. The molecule has 1 aliphatic rings. The predicted molar refractivity (Wildman–Crippen MR) is 138 cm³/mol. The Morgan fingerprint density at radius 1 is 1.21 bits per heavy atom. The Morgan fingerprint density at radius 2 is 2.06 bits per heavy atom. The van der Waals surface area contributed by atoms with Crippen LogP contribution in [0.25, 0.3) is 22.2 Å². The number of carbonyl (C=O) groups excluding carboxylic acids is 1. The first-order valence-electron chi connectivity index (χ1n) is 11.6. The highest BCUT2D eigenvalue weighted by atomic mass is 32.2. The maximum atomic E-state index is 12.8. The summed E-state index contributed by atoms with van der Waals surface area (Å²) < 4.78 is 2.19. The third-order valence-electron chi connectivity index (χ3n) is 6.20. The molecule has 33 heavy (non-hydrogen) atoms. The van der Waals surface area contributed by atoms with Crippen LogP contribution in [-0.4, -0.2) is 26.4 Å². The maximum absolute atomic E-state index is 12.8. The fourth-order valence-electron chi connectivity index (χ4n) is 4.54. The number of hydrogen-bond acceptors (Lipinski definition) is 5. The Morgan fingerprint density at radius 3 is 2.94 bits per heavy atom. The normalized spacial score (nSPS) is 15.5. The highest BCUT2D eigenvalue weighted by Gasteiger charge is 2.24. The molecule has 170 valence electrons. The number of thiophene rings is 1. The summed E-state index contributed by atoms with van der Waals surface area (Å²) in [6.07, 6.45) is 4.50. The lowest BCUT2D eigenvalue weighted by Gasteiger charge is -2.19. The van der Waals surface area contributed by atoms with E-state index in [4.69, 9.17) is 0 Å². The topological polar surface area (TPSA) is 59.8 Å². The van der Waals surface area contributed by atoms with Crippen LogP contribution in [0.3, 0.4) is 0 Å². The van der Waals surface area contributed by atoms with Crippen LogP contribution >= 0.6 is 23.1 Å². The van der Waals surface area contributed by atoms with Crippen molar-refractivity contribution in [3.05, 3.63) is 58.3 Å². The number of anilines is 1. The SMILES string of the molecule is CCCn1c(SCC(=O)Nc2cccc3ccccc23)nnc1-c1csc2c1CCC(C)C2. The second-order valence-electron chi connectivity index (χ2n) is 8.72. The van der Waals surface area contributed by atoms with E-state index < -0.39 is 0 Å². The van der Waals surface area contributed by atoms with Crippen LogP contribution in [0.1, 0.15) is 37.1 Å². The van der Waals surface area contributed by atoms with Gasteiger partial charge in [-0.25, -0.2) is 0 Å². The van der Waals surface area contributed by atoms with Gasteiger partial charge >= 0.3 is 0 Å².